The number of fused-ring (bicyclic) bond motifs is 1. The number of nitrogens with one attached hydrogen (secondary N) is 1. The van der Waals surface area contributed by atoms with Crippen molar-refractivity contribution in [2.24, 2.45) is 17.8 Å². The third-order valence-electron chi connectivity index (χ3n) is 8.84. The van der Waals surface area contributed by atoms with Crippen LogP contribution in [0.1, 0.15) is 44.5 Å². The van der Waals surface area contributed by atoms with E-state index in [9.17, 15) is 14.4 Å². The average molecular weight is 568 g/mol. The SMILES string of the molecule is CC[C@H](C)[C@H](NC(=O)c1ccc(-c2csc(N3CCN(C)CC3)n2)cc1)C(=O)N1C[C@@H](C(C)C)[C@H]2OCC(=O)[C@H]21. The highest BCUT2D eigenvalue weighted by Gasteiger charge is 2.54. The summed E-state index contributed by atoms with van der Waals surface area (Å²) < 4.78 is 5.81. The van der Waals surface area contributed by atoms with Crippen LogP contribution in [-0.4, -0.2) is 96.9 Å². The lowest BCUT2D eigenvalue weighted by Crippen LogP contribution is -2.54. The maximum atomic E-state index is 13.8. The van der Waals surface area contributed by atoms with E-state index in [1.54, 1.807) is 28.4 Å². The molecular weight excluding hydrogens is 526 g/mol. The number of ketones is 1. The van der Waals surface area contributed by atoms with Gasteiger partial charge >= 0.3 is 0 Å². The molecule has 0 radical (unpaired) electrons. The third kappa shape index (κ3) is 5.66. The van der Waals surface area contributed by atoms with Crippen LogP contribution in [0, 0.1) is 17.8 Å². The smallest absolute Gasteiger partial charge is 0.251 e. The molecule has 4 heterocycles. The van der Waals surface area contributed by atoms with Crippen LogP contribution in [0.5, 0.6) is 0 Å². The molecule has 1 aromatic carbocycles. The molecule has 0 unspecified atom stereocenters. The van der Waals surface area contributed by atoms with E-state index in [0.29, 0.717) is 12.1 Å². The van der Waals surface area contributed by atoms with Crippen molar-refractivity contribution >= 4 is 34.1 Å². The van der Waals surface area contributed by atoms with Crippen LogP contribution in [0.15, 0.2) is 29.6 Å². The lowest BCUT2D eigenvalue weighted by atomic mass is 9.91. The van der Waals surface area contributed by atoms with Gasteiger partial charge in [-0.2, -0.15) is 0 Å². The zero-order valence-corrected chi connectivity index (χ0v) is 24.9. The molecule has 0 spiro atoms. The molecule has 3 aliphatic heterocycles. The van der Waals surface area contributed by atoms with Crippen molar-refractivity contribution in [3.8, 4) is 11.3 Å². The number of ether oxygens (including phenoxy) is 1. The van der Waals surface area contributed by atoms with E-state index in [2.05, 4.69) is 41.4 Å². The quantitative estimate of drug-likeness (QED) is 0.524. The minimum Gasteiger partial charge on any atom is -0.367 e. The van der Waals surface area contributed by atoms with Crippen LogP contribution in [-0.2, 0) is 14.3 Å². The van der Waals surface area contributed by atoms with Gasteiger partial charge in [0.05, 0.1) is 11.8 Å². The van der Waals surface area contributed by atoms with Crippen molar-refractivity contribution < 1.29 is 19.1 Å². The standard InChI is InChI=1S/C30H41N5O4S/c1-6-19(4)25(29(38)35-15-22(18(2)3)27-26(35)24(36)16-39-27)32-28(37)21-9-7-20(8-10-21)23-17-40-30(31-23)34-13-11-33(5)12-14-34/h7-10,17-19,22,25-27H,6,11-16H2,1-5H3,(H,32,37)/t19-,22-,25-,26+,27+/m0/s1. The van der Waals surface area contributed by atoms with Crippen molar-refractivity contribution in [3.63, 3.8) is 0 Å². The summed E-state index contributed by atoms with van der Waals surface area (Å²) in [4.78, 5) is 51.0. The van der Waals surface area contributed by atoms with Crippen molar-refractivity contribution in [3.05, 3.63) is 35.2 Å². The maximum Gasteiger partial charge on any atom is 0.251 e. The molecule has 1 N–H and O–H groups in total. The summed E-state index contributed by atoms with van der Waals surface area (Å²) in [6, 6.07) is 6.10. The second kappa shape index (κ2) is 12.0. The highest BCUT2D eigenvalue weighted by Crippen LogP contribution is 2.36. The summed E-state index contributed by atoms with van der Waals surface area (Å²) in [6.45, 7) is 12.7. The maximum absolute atomic E-state index is 13.8. The zero-order chi connectivity index (χ0) is 28.6. The number of Topliss-reactive ketones (excluding diaryl/α,β-unsaturated/α-hetero) is 1. The molecule has 10 heteroatoms. The molecular formula is C30H41N5O4S. The van der Waals surface area contributed by atoms with E-state index in [-0.39, 0.29) is 48.1 Å². The number of thiazole rings is 1. The monoisotopic (exact) mass is 567 g/mol. The number of carbonyl (C=O) groups is 3. The van der Waals surface area contributed by atoms with Crippen molar-refractivity contribution in [1.29, 1.82) is 0 Å². The second-order valence-corrected chi connectivity index (χ2v) is 12.6. The van der Waals surface area contributed by atoms with Gasteiger partial charge in [-0.25, -0.2) is 4.98 Å². The number of carbonyl (C=O) groups excluding carboxylic acids is 3. The molecule has 2 amide bonds. The summed E-state index contributed by atoms with van der Waals surface area (Å²) in [5.41, 5.74) is 2.33. The first-order valence-corrected chi connectivity index (χ1v) is 15.3. The number of likely N-dealkylation sites (N-methyl/N-ethyl adjacent to an activating group) is 1. The summed E-state index contributed by atoms with van der Waals surface area (Å²) in [5.74, 6) is -0.260. The Balaban J connectivity index is 1.28. The number of piperazine rings is 1. The van der Waals surface area contributed by atoms with Gasteiger partial charge in [0.2, 0.25) is 5.91 Å². The number of anilines is 1. The Morgan fingerprint density at radius 3 is 2.48 bits per heavy atom. The molecule has 3 aliphatic rings. The van der Waals surface area contributed by atoms with Gasteiger partial charge in [0.25, 0.3) is 5.91 Å². The highest BCUT2D eigenvalue weighted by atomic mass is 32.1. The fourth-order valence-corrected chi connectivity index (χ4v) is 6.82. The molecule has 0 saturated carbocycles. The van der Waals surface area contributed by atoms with Crippen molar-refractivity contribution in [2.75, 3.05) is 51.3 Å². The topological polar surface area (TPSA) is 95.1 Å². The molecule has 216 valence electrons. The molecule has 1 aromatic heterocycles. The van der Waals surface area contributed by atoms with Gasteiger partial charge < -0.3 is 24.8 Å². The van der Waals surface area contributed by atoms with Gasteiger partial charge in [-0.15, -0.1) is 11.3 Å². The Labute approximate surface area is 240 Å². The Hall–Kier alpha value is -2.82. The normalized spacial score (nSPS) is 24.9. The molecule has 0 bridgehead atoms. The zero-order valence-electron chi connectivity index (χ0n) is 24.1. The fourth-order valence-electron chi connectivity index (χ4n) is 5.93. The largest absolute Gasteiger partial charge is 0.367 e. The molecule has 0 aliphatic carbocycles. The van der Waals surface area contributed by atoms with Gasteiger partial charge in [0.1, 0.15) is 18.7 Å². The predicted octanol–water partition coefficient (Wildman–Crippen LogP) is 3.16. The molecule has 5 atom stereocenters. The molecule has 9 nitrogen and oxygen atoms in total. The summed E-state index contributed by atoms with van der Waals surface area (Å²) >= 11 is 1.64. The van der Waals surface area contributed by atoms with Crippen molar-refractivity contribution in [1.82, 2.24) is 20.1 Å². The van der Waals surface area contributed by atoms with Gasteiger partial charge in [-0.3, -0.25) is 14.4 Å². The summed E-state index contributed by atoms with van der Waals surface area (Å²) in [7, 11) is 2.14. The lowest BCUT2D eigenvalue weighted by molar-refractivity contribution is -0.139. The van der Waals surface area contributed by atoms with Crippen molar-refractivity contribution in [2.45, 2.75) is 52.3 Å². The van der Waals surface area contributed by atoms with E-state index >= 15 is 0 Å². The number of benzene rings is 1. The van der Waals surface area contributed by atoms with E-state index in [0.717, 1.165) is 49.0 Å². The lowest BCUT2D eigenvalue weighted by Gasteiger charge is -2.32. The van der Waals surface area contributed by atoms with Gasteiger partial charge in [-0.05, 0) is 31.0 Å². The molecule has 3 saturated heterocycles. The molecule has 40 heavy (non-hydrogen) atoms. The first-order valence-electron chi connectivity index (χ1n) is 14.4. The Morgan fingerprint density at radius 1 is 1.12 bits per heavy atom. The first-order chi connectivity index (χ1) is 19.2. The highest BCUT2D eigenvalue weighted by molar-refractivity contribution is 7.14. The molecule has 3 fully saturated rings. The van der Waals surface area contributed by atoms with Crippen LogP contribution < -0.4 is 10.2 Å². The number of likely N-dealkylation sites (tertiary alicyclic amines) is 1. The van der Waals surface area contributed by atoms with Crippen LogP contribution in [0.4, 0.5) is 5.13 Å². The predicted molar refractivity (Wildman–Crippen MR) is 157 cm³/mol. The van der Waals surface area contributed by atoms with Crippen LogP contribution in [0.2, 0.25) is 0 Å². The molecule has 2 aromatic rings. The summed E-state index contributed by atoms with van der Waals surface area (Å²) in [5, 5.41) is 6.08. The average Bonchev–Trinajstić information content (AvgIpc) is 3.69. The van der Waals surface area contributed by atoms with Gasteiger partial charge in [0.15, 0.2) is 10.9 Å². The van der Waals surface area contributed by atoms with Crippen LogP contribution in [0.25, 0.3) is 11.3 Å². The minimum atomic E-state index is -0.721. The van der Waals surface area contributed by atoms with E-state index in [1.807, 2.05) is 26.0 Å². The number of nitrogens with zero attached hydrogens (tertiary/aromatic N) is 4. The van der Waals surface area contributed by atoms with Gasteiger partial charge in [-0.1, -0.05) is 46.2 Å². The Morgan fingerprint density at radius 2 is 1.82 bits per heavy atom. The molecule has 5 rings (SSSR count). The fraction of sp³-hybridized carbons (Fsp3) is 0.600. The Kier molecular flexibility index (Phi) is 8.58. The number of amides is 2. The first kappa shape index (κ1) is 28.7. The van der Waals surface area contributed by atoms with E-state index in [1.165, 1.54) is 0 Å². The van der Waals surface area contributed by atoms with Crippen LogP contribution in [0.3, 0.4) is 0 Å². The van der Waals surface area contributed by atoms with Gasteiger partial charge in [0, 0.05) is 55.1 Å². The van der Waals surface area contributed by atoms with E-state index < -0.39 is 12.1 Å². The number of hydrogen-bond donors (Lipinski definition) is 1. The second-order valence-electron chi connectivity index (χ2n) is 11.8. The summed E-state index contributed by atoms with van der Waals surface area (Å²) in [6.07, 6.45) is 0.453. The number of aromatic nitrogens is 1. The van der Waals surface area contributed by atoms with Crippen LogP contribution >= 0.6 is 11.3 Å². The van der Waals surface area contributed by atoms with E-state index in [4.69, 9.17) is 9.72 Å². The minimum absolute atomic E-state index is 0.0465. The Bertz CT molecular complexity index is 1220. The third-order valence-corrected chi connectivity index (χ3v) is 9.74. The number of rotatable bonds is 8. The number of hydrogen-bond acceptors (Lipinski definition) is 8.